The number of hydrogen-bond donors (Lipinski definition) is 2. The first-order valence-electron chi connectivity index (χ1n) is 9.11. The fourth-order valence-electron chi connectivity index (χ4n) is 3.04. The van der Waals surface area contributed by atoms with Crippen molar-refractivity contribution in [2.45, 2.75) is 19.4 Å². The Hall–Kier alpha value is -2.61. The lowest BCUT2D eigenvalue weighted by molar-refractivity contribution is 0.586. The average Bonchev–Trinajstić information content (AvgIpc) is 3.17. The van der Waals surface area contributed by atoms with E-state index in [1.54, 1.807) is 6.20 Å². The molecule has 0 saturated heterocycles. The molecular weight excluding hydrogens is 409 g/mol. The summed E-state index contributed by atoms with van der Waals surface area (Å²) in [6, 6.07) is 11.1. The van der Waals surface area contributed by atoms with Gasteiger partial charge in [-0.25, -0.2) is 15.0 Å². The highest BCUT2D eigenvalue weighted by Gasteiger charge is 2.11. The van der Waals surface area contributed by atoms with E-state index in [2.05, 4.69) is 20.3 Å². The number of thiazole rings is 1. The van der Waals surface area contributed by atoms with E-state index in [-0.39, 0.29) is 6.04 Å². The van der Waals surface area contributed by atoms with Crippen molar-refractivity contribution in [1.82, 2.24) is 15.0 Å². The number of benzene rings is 1. The number of nitrogens with zero attached hydrogens (tertiary/aromatic N) is 3. The van der Waals surface area contributed by atoms with Crippen LogP contribution in [0.15, 0.2) is 48.8 Å². The first-order chi connectivity index (χ1) is 14.0. The van der Waals surface area contributed by atoms with Crippen LogP contribution >= 0.6 is 22.9 Å². The van der Waals surface area contributed by atoms with Gasteiger partial charge in [-0.15, -0.1) is 0 Å². The monoisotopic (exact) mass is 427 g/mol. The van der Waals surface area contributed by atoms with Crippen LogP contribution in [-0.4, -0.2) is 27.5 Å². The Bertz CT molecular complexity index is 1160. The van der Waals surface area contributed by atoms with Crippen LogP contribution in [0.25, 0.3) is 21.2 Å². The number of halogens is 2. The summed E-state index contributed by atoms with van der Waals surface area (Å²) in [4.78, 5) is 13.4. The maximum atomic E-state index is 13.4. The van der Waals surface area contributed by atoms with Crippen molar-refractivity contribution in [3.8, 4) is 10.4 Å². The Morgan fingerprint density at radius 3 is 2.83 bits per heavy atom. The lowest BCUT2D eigenvalue weighted by atomic mass is 10.1. The molecule has 0 fully saturated rings. The zero-order valence-electron chi connectivity index (χ0n) is 15.7. The lowest BCUT2D eigenvalue weighted by Gasteiger charge is -2.13. The summed E-state index contributed by atoms with van der Waals surface area (Å²) in [7, 11) is 0. The molecule has 0 radical (unpaired) electrons. The van der Waals surface area contributed by atoms with E-state index < -0.39 is 5.95 Å². The second-order valence-corrected chi connectivity index (χ2v) is 8.23. The summed E-state index contributed by atoms with van der Waals surface area (Å²) in [6.07, 6.45) is 3.96. The molecule has 148 valence electrons. The molecule has 0 saturated carbocycles. The van der Waals surface area contributed by atoms with Crippen LogP contribution in [0.5, 0.6) is 0 Å². The molecule has 8 heteroatoms. The number of fused-ring (bicyclic) bond motifs is 1. The van der Waals surface area contributed by atoms with Gasteiger partial charge in [0.15, 0.2) is 5.13 Å². The highest BCUT2D eigenvalue weighted by molar-refractivity contribution is 7.18. The second kappa shape index (κ2) is 8.41. The normalized spacial score (nSPS) is 12.3. The summed E-state index contributed by atoms with van der Waals surface area (Å²) in [5.74, 6) is -0.487. The minimum Gasteiger partial charge on any atom is -0.360 e. The summed E-state index contributed by atoms with van der Waals surface area (Å²) in [5.41, 5.74) is 9.04. The molecule has 0 spiro atoms. The van der Waals surface area contributed by atoms with Crippen molar-refractivity contribution in [3.63, 3.8) is 0 Å². The molecule has 1 aromatic carbocycles. The van der Waals surface area contributed by atoms with Gasteiger partial charge in [-0.3, -0.25) is 0 Å². The minimum absolute atomic E-state index is 0.125. The Morgan fingerprint density at radius 1 is 1.14 bits per heavy atom. The summed E-state index contributed by atoms with van der Waals surface area (Å²) < 4.78 is 13.4. The number of nitrogens with one attached hydrogen (secondary N) is 1. The molecule has 0 unspecified atom stereocenters. The highest BCUT2D eigenvalue weighted by Crippen LogP contribution is 2.31. The van der Waals surface area contributed by atoms with E-state index in [9.17, 15) is 4.39 Å². The Balaban J connectivity index is 1.41. The second-order valence-electron chi connectivity index (χ2n) is 6.85. The topological polar surface area (TPSA) is 76.7 Å². The smallest absolute Gasteiger partial charge is 0.213 e. The van der Waals surface area contributed by atoms with Gasteiger partial charge in [0, 0.05) is 42.1 Å². The van der Waals surface area contributed by atoms with Gasteiger partial charge in [-0.2, -0.15) is 4.39 Å². The third-order valence-corrected chi connectivity index (χ3v) is 5.87. The van der Waals surface area contributed by atoms with Crippen LogP contribution in [0, 0.1) is 12.9 Å². The zero-order chi connectivity index (χ0) is 20.4. The van der Waals surface area contributed by atoms with E-state index in [0.717, 1.165) is 37.6 Å². The maximum absolute atomic E-state index is 13.4. The molecule has 3 heterocycles. The zero-order valence-corrected chi connectivity index (χ0v) is 17.3. The number of aromatic nitrogens is 3. The van der Waals surface area contributed by atoms with Gasteiger partial charge in [0.05, 0.1) is 4.88 Å². The van der Waals surface area contributed by atoms with E-state index in [1.807, 2.05) is 37.3 Å². The Kier molecular flexibility index (Phi) is 5.71. The van der Waals surface area contributed by atoms with E-state index in [0.29, 0.717) is 18.1 Å². The Morgan fingerprint density at radius 2 is 2.00 bits per heavy atom. The van der Waals surface area contributed by atoms with Crippen LogP contribution < -0.4 is 11.1 Å². The molecule has 4 rings (SSSR count). The Labute approximate surface area is 176 Å². The lowest BCUT2D eigenvalue weighted by Crippen LogP contribution is -2.31. The fraction of sp³-hybridized carbons (Fsp3) is 0.190. The van der Waals surface area contributed by atoms with Crippen LogP contribution in [0.4, 0.5) is 9.52 Å². The van der Waals surface area contributed by atoms with E-state index in [1.165, 1.54) is 23.6 Å². The summed E-state index contributed by atoms with van der Waals surface area (Å²) in [5, 5.41) is 6.27. The number of anilines is 1. The summed E-state index contributed by atoms with van der Waals surface area (Å²) >= 11 is 7.71. The van der Waals surface area contributed by atoms with Crippen molar-refractivity contribution in [1.29, 1.82) is 0 Å². The number of nitrogens with two attached hydrogens (primary N) is 1. The predicted molar refractivity (Wildman–Crippen MR) is 117 cm³/mol. The predicted octanol–water partition coefficient (Wildman–Crippen LogP) is 4.84. The molecule has 0 aliphatic heterocycles. The van der Waals surface area contributed by atoms with Crippen LogP contribution in [0.1, 0.15) is 11.3 Å². The number of hydrogen-bond acceptors (Lipinski definition) is 6. The molecule has 3 N–H and O–H groups in total. The van der Waals surface area contributed by atoms with Gasteiger partial charge in [0.25, 0.3) is 0 Å². The number of pyridine rings is 2. The van der Waals surface area contributed by atoms with Gasteiger partial charge < -0.3 is 11.1 Å². The fourth-order valence-corrected chi connectivity index (χ4v) is 4.13. The van der Waals surface area contributed by atoms with Crippen LogP contribution in [-0.2, 0) is 6.42 Å². The quantitative estimate of drug-likeness (QED) is 0.431. The van der Waals surface area contributed by atoms with Gasteiger partial charge in [0.1, 0.15) is 5.15 Å². The minimum atomic E-state index is -0.487. The van der Waals surface area contributed by atoms with Crippen molar-refractivity contribution < 1.29 is 4.39 Å². The maximum Gasteiger partial charge on any atom is 0.213 e. The van der Waals surface area contributed by atoms with Gasteiger partial charge in [0.2, 0.25) is 5.95 Å². The van der Waals surface area contributed by atoms with Crippen LogP contribution in [0.3, 0.4) is 0 Å². The molecule has 3 aromatic heterocycles. The number of aryl methyl sites for hydroxylation is 1. The molecule has 0 amide bonds. The van der Waals surface area contributed by atoms with E-state index in [4.69, 9.17) is 17.3 Å². The van der Waals surface area contributed by atoms with Crippen molar-refractivity contribution in [2.75, 3.05) is 11.9 Å². The molecule has 0 bridgehead atoms. The molecule has 0 aliphatic rings. The van der Waals surface area contributed by atoms with Crippen molar-refractivity contribution >= 4 is 38.8 Å². The molecule has 29 heavy (non-hydrogen) atoms. The summed E-state index contributed by atoms with van der Waals surface area (Å²) in [6.45, 7) is 2.46. The van der Waals surface area contributed by atoms with Gasteiger partial charge >= 0.3 is 0 Å². The largest absolute Gasteiger partial charge is 0.360 e. The number of rotatable bonds is 6. The van der Waals surface area contributed by atoms with Crippen molar-refractivity contribution in [2.24, 2.45) is 5.73 Å². The standard InChI is InChI=1S/C21H19ClFN5S/c1-12-2-3-14(20(22)28-12)7-17(24)10-26-21-27-11-18(29-21)13-4-5-15-9-25-19(23)8-16(15)6-13/h2-6,8-9,11,17H,7,10,24H2,1H3,(H,26,27)/t17-/m0/s1. The third-order valence-electron chi connectivity index (χ3n) is 4.54. The molecule has 1 atom stereocenters. The molecular formula is C21H19ClFN5S. The first-order valence-corrected chi connectivity index (χ1v) is 10.3. The highest BCUT2D eigenvalue weighted by atomic mass is 35.5. The molecule has 5 nitrogen and oxygen atoms in total. The van der Waals surface area contributed by atoms with E-state index >= 15 is 0 Å². The molecule has 0 aliphatic carbocycles. The molecule has 4 aromatic rings. The van der Waals surface area contributed by atoms with Gasteiger partial charge in [-0.05, 0) is 42.0 Å². The third kappa shape index (κ3) is 4.70. The SMILES string of the molecule is Cc1ccc(C[C@H](N)CNc2ncc(-c3ccc4cnc(F)cc4c3)s2)c(Cl)n1. The van der Waals surface area contributed by atoms with Crippen LogP contribution in [0.2, 0.25) is 5.15 Å². The first kappa shape index (κ1) is 19.7. The average molecular weight is 428 g/mol. The van der Waals surface area contributed by atoms with Gasteiger partial charge in [-0.1, -0.05) is 41.1 Å². The van der Waals surface area contributed by atoms with Crippen molar-refractivity contribution in [3.05, 3.63) is 71.2 Å².